The van der Waals surface area contributed by atoms with E-state index in [0.717, 1.165) is 18.7 Å². The second-order valence-electron chi connectivity index (χ2n) is 9.09. The maximum absolute atomic E-state index is 13.6. The van der Waals surface area contributed by atoms with Crippen LogP contribution in [0.25, 0.3) is 0 Å². The van der Waals surface area contributed by atoms with Crippen LogP contribution >= 0.6 is 0 Å². The van der Waals surface area contributed by atoms with Gasteiger partial charge in [-0.2, -0.15) is 0 Å². The molecule has 2 atom stereocenters. The van der Waals surface area contributed by atoms with E-state index >= 15 is 0 Å². The summed E-state index contributed by atoms with van der Waals surface area (Å²) < 4.78 is 41.6. The Morgan fingerprint density at radius 2 is 1.71 bits per heavy atom. The van der Waals surface area contributed by atoms with Crippen LogP contribution in [0.2, 0.25) is 0 Å². The van der Waals surface area contributed by atoms with Gasteiger partial charge in [-0.1, -0.05) is 25.0 Å². The van der Waals surface area contributed by atoms with E-state index in [1.54, 1.807) is 31.2 Å². The molecule has 0 bridgehead atoms. The number of methoxy groups -OCH3 is 1. The topological polar surface area (TPSA) is 90.9 Å². The minimum absolute atomic E-state index is 0.0214. The molecule has 8 heteroatoms. The van der Waals surface area contributed by atoms with Gasteiger partial charge in [0.25, 0.3) is 0 Å². The number of sulfone groups is 1. The summed E-state index contributed by atoms with van der Waals surface area (Å²) in [6.45, 7) is 4.86. The highest BCUT2D eigenvalue weighted by Gasteiger charge is 2.48. The second-order valence-corrected chi connectivity index (χ2v) is 11.5. The SMILES string of the molecule is CCOC(=O)C(C)(Cc1ccc(OCCC2CCCCCN2)cc1)S(=O)(=O)c1ccc(OC)cc1. The van der Waals surface area contributed by atoms with Crippen molar-refractivity contribution in [3.8, 4) is 11.5 Å². The van der Waals surface area contributed by atoms with Gasteiger partial charge in [0.1, 0.15) is 11.5 Å². The van der Waals surface area contributed by atoms with Gasteiger partial charge in [0, 0.05) is 12.5 Å². The molecule has 0 amide bonds. The summed E-state index contributed by atoms with van der Waals surface area (Å²) in [6, 6.07) is 13.8. The molecule has 0 aromatic heterocycles. The summed E-state index contributed by atoms with van der Waals surface area (Å²) in [5.41, 5.74) is 0.704. The fourth-order valence-electron chi connectivity index (χ4n) is 4.33. The van der Waals surface area contributed by atoms with E-state index < -0.39 is 20.6 Å². The summed E-state index contributed by atoms with van der Waals surface area (Å²) in [7, 11) is -2.55. The number of hydrogen-bond acceptors (Lipinski definition) is 7. The van der Waals surface area contributed by atoms with Gasteiger partial charge < -0.3 is 19.5 Å². The summed E-state index contributed by atoms with van der Waals surface area (Å²) in [4.78, 5) is 13.0. The highest BCUT2D eigenvalue weighted by molar-refractivity contribution is 7.93. The average molecular weight is 504 g/mol. The maximum Gasteiger partial charge on any atom is 0.327 e. The van der Waals surface area contributed by atoms with Gasteiger partial charge in [0.15, 0.2) is 14.6 Å². The first kappa shape index (κ1) is 27.0. The quantitative estimate of drug-likeness (QED) is 0.456. The van der Waals surface area contributed by atoms with E-state index in [0.29, 0.717) is 24.0 Å². The van der Waals surface area contributed by atoms with Gasteiger partial charge in [-0.15, -0.1) is 0 Å². The molecule has 1 heterocycles. The number of esters is 1. The molecule has 0 saturated carbocycles. The summed E-state index contributed by atoms with van der Waals surface area (Å²) >= 11 is 0. The number of nitrogens with one attached hydrogen (secondary N) is 1. The molecule has 2 aromatic rings. The molecule has 3 rings (SSSR count). The molecule has 1 aliphatic heterocycles. The zero-order valence-electron chi connectivity index (χ0n) is 20.9. The smallest absolute Gasteiger partial charge is 0.327 e. The standard InChI is InChI=1S/C27H37NO6S/c1-4-33-26(29)27(2,35(30,31)25-15-13-23(32-3)14-16-25)20-21-9-11-24(12-10-21)34-19-17-22-8-6-5-7-18-28-22/h9-16,22,28H,4-8,17-20H2,1-3H3. The number of carbonyl (C=O) groups excluding carboxylic acids is 1. The third-order valence-electron chi connectivity index (χ3n) is 6.53. The molecule has 7 nitrogen and oxygen atoms in total. The van der Waals surface area contributed by atoms with Crippen LogP contribution in [0.15, 0.2) is 53.4 Å². The van der Waals surface area contributed by atoms with E-state index in [-0.39, 0.29) is 17.9 Å². The van der Waals surface area contributed by atoms with E-state index in [1.807, 2.05) is 12.1 Å². The molecule has 1 fully saturated rings. The molecule has 1 saturated heterocycles. The minimum Gasteiger partial charge on any atom is -0.497 e. The fourth-order valence-corrected chi connectivity index (χ4v) is 5.98. The first-order valence-corrected chi connectivity index (χ1v) is 13.8. The molecule has 1 aliphatic rings. The molecule has 0 radical (unpaired) electrons. The summed E-state index contributed by atoms with van der Waals surface area (Å²) in [5.74, 6) is 0.484. The number of carbonyl (C=O) groups is 1. The van der Waals surface area contributed by atoms with Crippen molar-refractivity contribution in [2.75, 3.05) is 26.9 Å². The van der Waals surface area contributed by atoms with Crippen LogP contribution in [0.1, 0.15) is 51.5 Å². The average Bonchev–Trinajstić information content (AvgIpc) is 3.14. The van der Waals surface area contributed by atoms with E-state index in [9.17, 15) is 13.2 Å². The number of hydrogen-bond donors (Lipinski definition) is 1. The van der Waals surface area contributed by atoms with Crippen molar-refractivity contribution in [2.24, 2.45) is 0 Å². The Morgan fingerprint density at radius 1 is 1.03 bits per heavy atom. The monoisotopic (exact) mass is 503 g/mol. The van der Waals surface area contributed by atoms with Crippen molar-refractivity contribution in [3.63, 3.8) is 0 Å². The Kier molecular flexibility index (Phi) is 9.57. The normalized spacial score (nSPS) is 18.2. The molecule has 192 valence electrons. The Labute approximate surface area is 209 Å². The van der Waals surface area contributed by atoms with Crippen molar-refractivity contribution in [3.05, 3.63) is 54.1 Å². The molecule has 35 heavy (non-hydrogen) atoms. The van der Waals surface area contributed by atoms with Crippen LogP contribution in [-0.2, 0) is 25.8 Å². The maximum atomic E-state index is 13.6. The van der Waals surface area contributed by atoms with Crippen molar-refractivity contribution in [1.29, 1.82) is 0 Å². The first-order chi connectivity index (χ1) is 16.8. The van der Waals surface area contributed by atoms with Crippen molar-refractivity contribution < 1.29 is 27.4 Å². The highest BCUT2D eigenvalue weighted by Crippen LogP contribution is 2.32. The van der Waals surface area contributed by atoms with Gasteiger partial charge in [0.2, 0.25) is 0 Å². The minimum atomic E-state index is -4.05. The molecule has 2 unspecified atom stereocenters. The van der Waals surface area contributed by atoms with Gasteiger partial charge in [-0.3, -0.25) is 4.79 Å². The number of rotatable bonds is 11. The van der Waals surface area contributed by atoms with Gasteiger partial charge >= 0.3 is 5.97 Å². The number of ether oxygens (including phenoxy) is 3. The van der Waals surface area contributed by atoms with Crippen molar-refractivity contribution in [2.45, 2.75) is 68.1 Å². The Hall–Kier alpha value is -2.58. The zero-order valence-corrected chi connectivity index (χ0v) is 21.7. The lowest BCUT2D eigenvalue weighted by atomic mass is 10.00. The van der Waals surface area contributed by atoms with Crippen LogP contribution in [0.3, 0.4) is 0 Å². The first-order valence-electron chi connectivity index (χ1n) is 12.3. The molecule has 0 aliphatic carbocycles. The van der Waals surface area contributed by atoms with Gasteiger partial charge in [-0.05, 0) is 81.6 Å². The van der Waals surface area contributed by atoms with Gasteiger partial charge in [-0.25, -0.2) is 8.42 Å². The third-order valence-corrected chi connectivity index (χ3v) is 8.92. The lowest BCUT2D eigenvalue weighted by molar-refractivity contribution is -0.145. The van der Waals surface area contributed by atoms with Crippen LogP contribution in [0, 0.1) is 0 Å². The predicted octanol–water partition coefficient (Wildman–Crippen LogP) is 4.33. The molecule has 0 spiro atoms. The fraction of sp³-hybridized carbons (Fsp3) is 0.519. The van der Waals surface area contributed by atoms with E-state index in [4.69, 9.17) is 14.2 Å². The molecular formula is C27H37NO6S. The van der Waals surface area contributed by atoms with Crippen LogP contribution < -0.4 is 14.8 Å². The molecule has 2 aromatic carbocycles. The van der Waals surface area contributed by atoms with E-state index in [2.05, 4.69) is 5.32 Å². The summed E-state index contributed by atoms with van der Waals surface area (Å²) in [6.07, 6.45) is 5.88. The van der Waals surface area contributed by atoms with Crippen LogP contribution in [0.4, 0.5) is 0 Å². The Balaban J connectivity index is 1.72. The third kappa shape index (κ3) is 6.76. The Bertz CT molecular complexity index is 1040. The van der Waals surface area contributed by atoms with Crippen molar-refractivity contribution in [1.82, 2.24) is 5.32 Å². The summed E-state index contributed by atoms with van der Waals surface area (Å²) in [5, 5.41) is 3.57. The van der Waals surface area contributed by atoms with Crippen molar-refractivity contribution >= 4 is 15.8 Å². The lowest BCUT2D eigenvalue weighted by Crippen LogP contribution is -2.46. The van der Waals surface area contributed by atoms with Crippen LogP contribution in [0.5, 0.6) is 11.5 Å². The molecular weight excluding hydrogens is 466 g/mol. The number of benzene rings is 2. The second kappa shape index (κ2) is 12.4. The highest BCUT2D eigenvalue weighted by atomic mass is 32.2. The van der Waals surface area contributed by atoms with E-state index in [1.165, 1.54) is 51.8 Å². The predicted molar refractivity (Wildman–Crippen MR) is 136 cm³/mol. The lowest BCUT2D eigenvalue weighted by Gasteiger charge is -2.27. The Morgan fingerprint density at radius 3 is 2.37 bits per heavy atom. The van der Waals surface area contributed by atoms with Gasteiger partial charge in [0.05, 0.1) is 25.2 Å². The largest absolute Gasteiger partial charge is 0.497 e. The zero-order chi connectivity index (χ0) is 25.3. The van der Waals surface area contributed by atoms with Crippen LogP contribution in [-0.4, -0.2) is 52.0 Å². The molecule has 1 N–H and O–H groups in total.